The van der Waals surface area contributed by atoms with E-state index in [2.05, 4.69) is 27.7 Å². The second-order valence-corrected chi connectivity index (χ2v) is 19.0. The van der Waals surface area contributed by atoms with Crippen LogP contribution < -0.4 is 0 Å². The molecule has 0 saturated heterocycles. The predicted octanol–water partition coefficient (Wildman–Crippen LogP) is 17.5. The molecule has 0 aliphatic heterocycles. The third kappa shape index (κ3) is 47.5. The standard InChI is InChI=1S/C54H104O6/c1-5-7-9-11-13-15-17-18-22-26-29-33-37-41-45-52(55)58-48-51(60-54(57)47-43-39-35-31-24-16-14-12-10-8-6-2)49-59-53(56)46-42-38-34-30-27-23-20-19-21-25-28-32-36-40-44-50(3)4/h50-51H,5-49H2,1-4H3/t51-/m1/s1. The highest BCUT2D eigenvalue weighted by Gasteiger charge is 2.19. The number of carbonyl (C=O) groups is 3. The van der Waals surface area contributed by atoms with Crippen LogP contribution in [-0.4, -0.2) is 37.2 Å². The van der Waals surface area contributed by atoms with Gasteiger partial charge in [-0.3, -0.25) is 14.4 Å². The van der Waals surface area contributed by atoms with E-state index in [1.54, 1.807) is 0 Å². The van der Waals surface area contributed by atoms with Crippen molar-refractivity contribution < 1.29 is 28.6 Å². The van der Waals surface area contributed by atoms with E-state index < -0.39 is 6.10 Å². The molecule has 0 rings (SSSR count). The first-order valence-corrected chi connectivity index (χ1v) is 26.9. The van der Waals surface area contributed by atoms with Crippen LogP contribution in [-0.2, 0) is 28.6 Å². The molecular weight excluding hydrogens is 745 g/mol. The summed E-state index contributed by atoms with van der Waals surface area (Å²) >= 11 is 0. The molecule has 0 unspecified atom stereocenters. The number of rotatable bonds is 49. The van der Waals surface area contributed by atoms with Crippen LogP contribution in [0.4, 0.5) is 0 Å². The first-order valence-electron chi connectivity index (χ1n) is 26.9. The Balaban J connectivity index is 4.26. The highest BCUT2D eigenvalue weighted by Crippen LogP contribution is 2.17. The predicted molar refractivity (Wildman–Crippen MR) is 257 cm³/mol. The zero-order valence-electron chi connectivity index (χ0n) is 40.9. The molecule has 356 valence electrons. The SMILES string of the molecule is CCCCCCCCCCCCCCCCC(=O)OC[C@H](COC(=O)CCCCCCCCCCCCCCCCC(C)C)OC(=O)CCCCCCCCCCCCC. The molecule has 0 fully saturated rings. The quantitative estimate of drug-likeness (QED) is 0.0345. The summed E-state index contributed by atoms with van der Waals surface area (Å²) in [5.74, 6) is 0.00336. The average Bonchev–Trinajstić information content (AvgIpc) is 3.23. The van der Waals surface area contributed by atoms with E-state index in [0.717, 1.165) is 63.7 Å². The van der Waals surface area contributed by atoms with Crippen molar-refractivity contribution in [3.8, 4) is 0 Å². The Morgan fingerprint density at radius 1 is 0.317 bits per heavy atom. The van der Waals surface area contributed by atoms with Crippen LogP contribution in [0, 0.1) is 5.92 Å². The number of esters is 3. The summed E-state index contributed by atoms with van der Waals surface area (Å²) in [4.78, 5) is 38.0. The average molecular weight is 849 g/mol. The Hall–Kier alpha value is -1.59. The zero-order chi connectivity index (χ0) is 43.8. The van der Waals surface area contributed by atoms with Gasteiger partial charge < -0.3 is 14.2 Å². The van der Waals surface area contributed by atoms with Crippen LogP contribution >= 0.6 is 0 Å². The number of carbonyl (C=O) groups excluding carboxylic acids is 3. The first-order chi connectivity index (χ1) is 29.4. The normalized spacial score (nSPS) is 11.9. The molecule has 0 spiro atoms. The Kier molecular flexibility index (Phi) is 47.2. The lowest BCUT2D eigenvalue weighted by Crippen LogP contribution is -2.30. The number of hydrogen-bond acceptors (Lipinski definition) is 6. The largest absolute Gasteiger partial charge is 0.462 e. The van der Waals surface area contributed by atoms with Crippen molar-refractivity contribution in [3.63, 3.8) is 0 Å². The van der Waals surface area contributed by atoms with Crippen LogP contribution in [0.3, 0.4) is 0 Å². The molecule has 60 heavy (non-hydrogen) atoms. The molecule has 0 N–H and O–H groups in total. The van der Waals surface area contributed by atoms with Crippen molar-refractivity contribution >= 4 is 17.9 Å². The zero-order valence-corrected chi connectivity index (χ0v) is 40.9. The summed E-state index contributed by atoms with van der Waals surface area (Å²) in [5.41, 5.74) is 0. The third-order valence-corrected chi connectivity index (χ3v) is 12.3. The van der Waals surface area contributed by atoms with Gasteiger partial charge in [-0.1, -0.05) is 265 Å². The molecule has 0 amide bonds. The molecule has 0 bridgehead atoms. The van der Waals surface area contributed by atoms with E-state index in [0.29, 0.717) is 19.3 Å². The van der Waals surface area contributed by atoms with E-state index in [-0.39, 0.29) is 31.1 Å². The fourth-order valence-electron chi connectivity index (χ4n) is 8.22. The Labute approximate surface area is 374 Å². The highest BCUT2D eigenvalue weighted by atomic mass is 16.6. The fraction of sp³-hybridized carbons (Fsp3) is 0.944. The number of unbranched alkanes of at least 4 members (excludes halogenated alkanes) is 36. The van der Waals surface area contributed by atoms with Crippen LogP contribution in [0.1, 0.15) is 304 Å². The van der Waals surface area contributed by atoms with Gasteiger partial charge in [0.1, 0.15) is 13.2 Å². The molecule has 0 aromatic heterocycles. The van der Waals surface area contributed by atoms with Crippen LogP contribution in [0.5, 0.6) is 0 Å². The Bertz CT molecular complexity index is 903. The minimum Gasteiger partial charge on any atom is -0.462 e. The Morgan fingerprint density at radius 2 is 0.550 bits per heavy atom. The maximum atomic E-state index is 12.8. The first kappa shape index (κ1) is 58.4. The molecule has 0 aliphatic rings. The molecular formula is C54H104O6. The number of hydrogen-bond donors (Lipinski definition) is 0. The van der Waals surface area contributed by atoms with Gasteiger partial charge in [0, 0.05) is 19.3 Å². The molecule has 0 aromatic rings. The lowest BCUT2D eigenvalue weighted by atomic mass is 10.0. The molecule has 0 aromatic carbocycles. The van der Waals surface area contributed by atoms with E-state index >= 15 is 0 Å². The molecule has 0 aliphatic carbocycles. The van der Waals surface area contributed by atoms with Crippen LogP contribution in [0.25, 0.3) is 0 Å². The van der Waals surface area contributed by atoms with Crippen LogP contribution in [0.2, 0.25) is 0 Å². The molecule has 0 saturated carbocycles. The Morgan fingerprint density at radius 3 is 0.817 bits per heavy atom. The minimum absolute atomic E-state index is 0.0623. The lowest BCUT2D eigenvalue weighted by molar-refractivity contribution is -0.167. The van der Waals surface area contributed by atoms with Crippen molar-refractivity contribution in [2.75, 3.05) is 13.2 Å². The van der Waals surface area contributed by atoms with Crippen LogP contribution in [0.15, 0.2) is 0 Å². The summed E-state index contributed by atoms with van der Waals surface area (Å²) in [5, 5.41) is 0. The minimum atomic E-state index is -0.760. The molecule has 0 heterocycles. The van der Waals surface area contributed by atoms with Gasteiger partial charge in [-0.15, -0.1) is 0 Å². The van der Waals surface area contributed by atoms with Gasteiger partial charge >= 0.3 is 17.9 Å². The van der Waals surface area contributed by atoms with Gasteiger partial charge in [-0.25, -0.2) is 0 Å². The van der Waals surface area contributed by atoms with Crippen molar-refractivity contribution in [3.05, 3.63) is 0 Å². The molecule has 6 nitrogen and oxygen atoms in total. The monoisotopic (exact) mass is 849 g/mol. The second-order valence-electron chi connectivity index (χ2n) is 19.0. The summed E-state index contributed by atoms with van der Waals surface area (Å²) in [6, 6.07) is 0. The van der Waals surface area contributed by atoms with Gasteiger partial charge in [-0.05, 0) is 25.2 Å². The third-order valence-electron chi connectivity index (χ3n) is 12.3. The summed E-state index contributed by atoms with van der Waals surface area (Å²) in [7, 11) is 0. The topological polar surface area (TPSA) is 78.9 Å². The van der Waals surface area contributed by atoms with E-state index in [9.17, 15) is 14.4 Å². The highest BCUT2D eigenvalue weighted by molar-refractivity contribution is 5.71. The smallest absolute Gasteiger partial charge is 0.306 e. The van der Waals surface area contributed by atoms with Gasteiger partial charge in [-0.2, -0.15) is 0 Å². The molecule has 0 radical (unpaired) electrons. The van der Waals surface area contributed by atoms with Gasteiger partial charge in [0.2, 0.25) is 0 Å². The molecule has 1 atom stereocenters. The van der Waals surface area contributed by atoms with Crippen molar-refractivity contribution in [1.29, 1.82) is 0 Å². The van der Waals surface area contributed by atoms with Gasteiger partial charge in [0.05, 0.1) is 0 Å². The van der Waals surface area contributed by atoms with Gasteiger partial charge in [0.15, 0.2) is 6.10 Å². The van der Waals surface area contributed by atoms with E-state index in [1.165, 1.54) is 199 Å². The maximum Gasteiger partial charge on any atom is 0.306 e. The van der Waals surface area contributed by atoms with Crippen molar-refractivity contribution in [2.45, 2.75) is 310 Å². The summed E-state index contributed by atoms with van der Waals surface area (Å²) in [6.07, 6.45) is 50.8. The van der Waals surface area contributed by atoms with E-state index in [1.807, 2.05) is 0 Å². The van der Waals surface area contributed by atoms with E-state index in [4.69, 9.17) is 14.2 Å². The summed E-state index contributed by atoms with van der Waals surface area (Å²) in [6.45, 7) is 9.04. The maximum absolute atomic E-state index is 12.8. The fourth-order valence-corrected chi connectivity index (χ4v) is 8.22. The van der Waals surface area contributed by atoms with Crippen molar-refractivity contribution in [2.24, 2.45) is 5.92 Å². The van der Waals surface area contributed by atoms with Crippen molar-refractivity contribution in [1.82, 2.24) is 0 Å². The lowest BCUT2D eigenvalue weighted by Gasteiger charge is -2.18. The van der Waals surface area contributed by atoms with Gasteiger partial charge in [0.25, 0.3) is 0 Å². The number of ether oxygens (including phenoxy) is 3. The second kappa shape index (κ2) is 48.4. The summed E-state index contributed by atoms with van der Waals surface area (Å²) < 4.78 is 16.8. The molecule has 6 heteroatoms.